The van der Waals surface area contributed by atoms with Crippen molar-refractivity contribution in [1.29, 1.82) is 0 Å². The van der Waals surface area contributed by atoms with Gasteiger partial charge >= 0.3 is 6.18 Å². The van der Waals surface area contributed by atoms with E-state index in [1.807, 2.05) is 24.3 Å². The Labute approximate surface area is 198 Å². The number of hydrogen-bond acceptors (Lipinski definition) is 3. The van der Waals surface area contributed by atoms with Crippen LogP contribution in [0.4, 0.5) is 13.2 Å². The third-order valence-electron chi connectivity index (χ3n) is 4.10. The minimum atomic E-state index is -4.52. The van der Waals surface area contributed by atoms with Crippen molar-refractivity contribution in [1.82, 2.24) is 5.43 Å². The summed E-state index contributed by atoms with van der Waals surface area (Å²) in [5.74, 6) is -0.0948. The van der Waals surface area contributed by atoms with E-state index in [4.69, 9.17) is 4.74 Å². The average Bonchev–Trinajstić information content (AvgIpc) is 2.74. The Morgan fingerprint density at radius 3 is 2.52 bits per heavy atom. The lowest BCUT2D eigenvalue weighted by Gasteiger charge is -2.09. The highest BCUT2D eigenvalue weighted by Gasteiger charge is 2.30. The van der Waals surface area contributed by atoms with Crippen LogP contribution in [-0.2, 0) is 12.8 Å². The van der Waals surface area contributed by atoms with Crippen molar-refractivity contribution in [3.8, 4) is 5.75 Å². The molecule has 0 aromatic heterocycles. The van der Waals surface area contributed by atoms with Gasteiger partial charge in [0.2, 0.25) is 0 Å². The number of amides is 1. The number of hydrogen-bond donors (Lipinski definition) is 1. The van der Waals surface area contributed by atoms with Crippen LogP contribution in [0, 0.1) is 3.57 Å². The topological polar surface area (TPSA) is 50.7 Å². The third-order valence-corrected chi connectivity index (χ3v) is 5.43. The lowest BCUT2D eigenvalue weighted by Crippen LogP contribution is -2.18. The average molecular weight is 603 g/mol. The van der Waals surface area contributed by atoms with Crippen LogP contribution in [0.25, 0.3) is 0 Å². The molecule has 1 N–H and O–H groups in total. The van der Waals surface area contributed by atoms with Crippen molar-refractivity contribution >= 4 is 50.6 Å². The van der Waals surface area contributed by atoms with Crippen molar-refractivity contribution in [3.05, 3.63) is 97.0 Å². The number of benzene rings is 3. The summed E-state index contributed by atoms with van der Waals surface area (Å²) in [5, 5.41) is 3.81. The van der Waals surface area contributed by atoms with Crippen LogP contribution >= 0.6 is 38.5 Å². The van der Waals surface area contributed by atoms with E-state index in [1.165, 1.54) is 18.3 Å². The Bertz CT molecular complexity index is 1100. The van der Waals surface area contributed by atoms with Crippen molar-refractivity contribution in [2.45, 2.75) is 12.8 Å². The molecule has 0 aliphatic carbocycles. The predicted octanol–water partition coefficient (Wildman–Crippen LogP) is 6.42. The zero-order valence-corrected chi connectivity index (χ0v) is 19.5. The van der Waals surface area contributed by atoms with Crippen molar-refractivity contribution in [3.63, 3.8) is 0 Å². The predicted molar refractivity (Wildman–Crippen MR) is 124 cm³/mol. The maximum Gasteiger partial charge on any atom is 0.416 e. The van der Waals surface area contributed by atoms with Crippen LogP contribution < -0.4 is 10.2 Å². The van der Waals surface area contributed by atoms with E-state index in [0.29, 0.717) is 22.4 Å². The normalized spacial score (nSPS) is 11.5. The fourth-order valence-corrected chi connectivity index (χ4v) is 3.39. The van der Waals surface area contributed by atoms with Gasteiger partial charge in [0, 0.05) is 9.13 Å². The van der Waals surface area contributed by atoms with E-state index < -0.39 is 17.6 Å². The quantitative estimate of drug-likeness (QED) is 0.201. The monoisotopic (exact) mass is 602 g/mol. The molecule has 0 aliphatic heterocycles. The van der Waals surface area contributed by atoms with Crippen molar-refractivity contribution < 1.29 is 22.7 Å². The SMILES string of the molecule is O=C(N/N=C\c1ccc(OCc2ccc(I)cc2)c(Br)c1)c1cccc(C(F)(F)F)c1. The fourth-order valence-electron chi connectivity index (χ4n) is 2.52. The largest absolute Gasteiger partial charge is 0.488 e. The molecule has 3 aromatic carbocycles. The molecule has 0 fully saturated rings. The van der Waals surface area contributed by atoms with Gasteiger partial charge in [-0.15, -0.1) is 0 Å². The highest BCUT2D eigenvalue weighted by Crippen LogP contribution is 2.29. The summed E-state index contributed by atoms with van der Waals surface area (Å²) in [6.07, 6.45) is -3.13. The van der Waals surface area contributed by atoms with Crippen LogP contribution in [0.3, 0.4) is 0 Å². The molecule has 0 atom stereocenters. The van der Waals surface area contributed by atoms with Gasteiger partial charge < -0.3 is 4.74 Å². The Kier molecular flexibility index (Phi) is 7.71. The Morgan fingerprint density at radius 2 is 1.84 bits per heavy atom. The molecule has 0 unspecified atom stereocenters. The van der Waals surface area contributed by atoms with E-state index in [-0.39, 0.29) is 5.56 Å². The van der Waals surface area contributed by atoms with Gasteiger partial charge in [0.15, 0.2) is 0 Å². The molecule has 0 bridgehead atoms. The minimum absolute atomic E-state index is 0.132. The standard InChI is InChI=1S/C22H15BrF3IN2O2/c23-19-10-15(6-9-20(19)31-13-14-4-7-18(27)8-5-14)12-28-29-21(30)16-2-1-3-17(11-16)22(24,25)26/h1-12H,13H2,(H,29,30)/b28-12-. The molecule has 4 nitrogen and oxygen atoms in total. The molecule has 0 heterocycles. The summed E-state index contributed by atoms with van der Waals surface area (Å²) < 4.78 is 45.9. The van der Waals surface area contributed by atoms with Crippen LogP contribution in [0.5, 0.6) is 5.75 Å². The Morgan fingerprint density at radius 1 is 1.10 bits per heavy atom. The molecular weight excluding hydrogens is 588 g/mol. The summed E-state index contributed by atoms with van der Waals surface area (Å²) in [4.78, 5) is 12.1. The second-order valence-electron chi connectivity index (χ2n) is 6.38. The van der Waals surface area contributed by atoms with Crippen molar-refractivity contribution in [2.24, 2.45) is 5.10 Å². The first-order valence-electron chi connectivity index (χ1n) is 8.90. The maximum absolute atomic E-state index is 12.8. The van der Waals surface area contributed by atoms with Crippen LogP contribution in [-0.4, -0.2) is 12.1 Å². The molecule has 160 valence electrons. The molecule has 0 saturated carbocycles. The number of ether oxygens (including phenoxy) is 1. The molecule has 0 aliphatic rings. The number of carbonyl (C=O) groups excluding carboxylic acids is 1. The van der Waals surface area contributed by atoms with Gasteiger partial charge in [0.1, 0.15) is 12.4 Å². The molecule has 3 rings (SSSR count). The fraction of sp³-hybridized carbons (Fsp3) is 0.0909. The number of hydrazone groups is 1. The minimum Gasteiger partial charge on any atom is -0.488 e. The van der Waals surface area contributed by atoms with E-state index >= 15 is 0 Å². The van der Waals surface area contributed by atoms with Gasteiger partial charge in [0.25, 0.3) is 5.91 Å². The van der Waals surface area contributed by atoms with E-state index in [0.717, 1.165) is 21.3 Å². The van der Waals surface area contributed by atoms with Gasteiger partial charge in [-0.3, -0.25) is 4.79 Å². The summed E-state index contributed by atoms with van der Waals surface area (Å²) in [5.41, 5.74) is 2.90. The van der Waals surface area contributed by atoms with Gasteiger partial charge in [-0.25, -0.2) is 5.43 Å². The molecule has 0 spiro atoms. The molecule has 0 radical (unpaired) electrons. The second-order valence-corrected chi connectivity index (χ2v) is 8.48. The van der Waals surface area contributed by atoms with Crippen LogP contribution in [0.15, 0.2) is 76.3 Å². The second kappa shape index (κ2) is 10.3. The van der Waals surface area contributed by atoms with Gasteiger partial charge in [-0.1, -0.05) is 18.2 Å². The Hall–Kier alpha value is -2.40. The van der Waals surface area contributed by atoms with Crippen LogP contribution in [0.2, 0.25) is 0 Å². The van der Waals surface area contributed by atoms with Gasteiger partial charge in [-0.2, -0.15) is 18.3 Å². The molecule has 31 heavy (non-hydrogen) atoms. The highest BCUT2D eigenvalue weighted by atomic mass is 127. The molecule has 3 aromatic rings. The number of nitrogens with one attached hydrogen (secondary N) is 1. The zero-order chi connectivity index (χ0) is 22.4. The first kappa shape index (κ1) is 23.3. The number of rotatable bonds is 6. The summed E-state index contributed by atoms with van der Waals surface area (Å²) in [6, 6.07) is 17.4. The number of carbonyl (C=O) groups is 1. The first-order valence-corrected chi connectivity index (χ1v) is 10.8. The van der Waals surface area contributed by atoms with Crippen LogP contribution in [0.1, 0.15) is 27.0 Å². The third kappa shape index (κ3) is 6.79. The number of halogens is 5. The molecule has 0 saturated heterocycles. The first-order chi connectivity index (χ1) is 14.7. The van der Waals surface area contributed by atoms with E-state index in [9.17, 15) is 18.0 Å². The Balaban J connectivity index is 1.59. The molecule has 9 heteroatoms. The van der Waals surface area contributed by atoms with E-state index in [2.05, 4.69) is 49.0 Å². The van der Waals surface area contributed by atoms with E-state index in [1.54, 1.807) is 18.2 Å². The molecular formula is C22H15BrF3IN2O2. The van der Waals surface area contributed by atoms with Crippen molar-refractivity contribution in [2.75, 3.05) is 0 Å². The summed E-state index contributed by atoms with van der Waals surface area (Å²) >= 11 is 5.67. The van der Waals surface area contributed by atoms with Gasteiger partial charge in [-0.05, 0) is 98.2 Å². The number of alkyl halides is 3. The lowest BCUT2D eigenvalue weighted by atomic mass is 10.1. The summed E-state index contributed by atoms with van der Waals surface area (Å²) in [7, 11) is 0. The lowest BCUT2D eigenvalue weighted by molar-refractivity contribution is -0.137. The highest BCUT2D eigenvalue weighted by molar-refractivity contribution is 14.1. The zero-order valence-electron chi connectivity index (χ0n) is 15.8. The van der Waals surface area contributed by atoms with Gasteiger partial charge in [0.05, 0.1) is 16.3 Å². The maximum atomic E-state index is 12.8. The molecule has 1 amide bonds. The smallest absolute Gasteiger partial charge is 0.416 e. The summed E-state index contributed by atoms with van der Waals surface area (Å²) in [6.45, 7) is 0.413. The number of nitrogens with zero attached hydrogens (tertiary/aromatic N) is 1.